The second kappa shape index (κ2) is 7.62. The summed E-state index contributed by atoms with van der Waals surface area (Å²) in [6, 6.07) is 0. The van der Waals surface area contributed by atoms with Crippen molar-refractivity contribution in [2.75, 3.05) is 0 Å². The summed E-state index contributed by atoms with van der Waals surface area (Å²) in [7, 11) is -2.22. The van der Waals surface area contributed by atoms with Gasteiger partial charge in [0.05, 0.1) is 6.42 Å². The molecule has 0 unspecified atom stereocenters. The topological polar surface area (TPSA) is 63.6 Å². The Morgan fingerprint density at radius 2 is 1.45 bits per heavy atom. The molecule has 0 saturated carbocycles. The van der Waals surface area contributed by atoms with Crippen LogP contribution in [0.4, 0.5) is 0 Å². The van der Waals surface area contributed by atoms with Crippen molar-refractivity contribution in [2.45, 2.75) is 71.5 Å². The highest BCUT2D eigenvalue weighted by Gasteiger charge is 2.47. The smallest absolute Gasteiger partial charge is 0.330 e. The number of carbonyl (C=O) groups is 2. The number of hydrogen-bond donors (Lipinski definition) is 1. The summed E-state index contributed by atoms with van der Waals surface area (Å²) in [4.78, 5) is 22.8. The van der Waals surface area contributed by atoms with Crippen LogP contribution in [0, 0.1) is 0 Å². The van der Waals surface area contributed by atoms with E-state index in [0.29, 0.717) is 16.6 Å². The van der Waals surface area contributed by atoms with Crippen LogP contribution in [0.3, 0.4) is 0 Å². The summed E-state index contributed by atoms with van der Waals surface area (Å²) in [6.07, 6.45) is 1.45. The van der Waals surface area contributed by atoms with Crippen molar-refractivity contribution >= 4 is 20.3 Å². The zero-order valence-electron chi connectivity index (χ0n) is 13.7. The Hall–Kier alpha value is -1.10. The fraction of sp³-hybridized carbons (Fsp3) is 0.733. The molecule has 0 aromatic heterocycles. The van der Waals surface area contributed by atoms with Crippen molar-refractivity contribution < 1.29 is 19.1 Å². The highest BCUT2D eigenvalue weighted by atomic mass is 28.4. The molecule has 0 aromatic rings. The van der Waals surface area contributed by atoms with Gasteiger partial charge in [-0.1, -0.05) is 47.6 Å². The van der Waals surface area contributed by atoms with Gasteiger partial charge in [0.1, 0.15) is 0 Å². The number of rotatable bonds is 7. The molecule has 20 heavy (non-hydrogen) atoms. The van der Waals surface area contributed by atoms with E-state index in [9.17, 15) is 9.59 Å². The normalized spacial score (nSPS) is 13.2. The summed E-state index contributed by atoms with van der Waals surface area (Å²) >= 11 is 0. The van der Waals surface area contributed by atoms with E-state index >= 15 is 0 Å². The molecule has 0 rings (SSSR count). The number of carboxylic acids is 1. The van der Waals surface area contributed by atoms with Crippen LogP contribution in [-0.2, 0) is 14.0 Å². The molecular weight excluding hydrogens is 272 g/mol. The monoisotopic (exact) mass is 300 g/mol. The quantitative estimate of drug-likeness (QED) is 0.567. The van der Waals surface area contributed by atoms with Crippen LogP contribution in [0.2, 0.25) is 16.6 Å². The number of aliphatic carboxylic acids is 1. The van der Waals surface area contributed by atoms with Gasteiger partial charge >= 0.3 is 5.97 Å². The van der Waals surface area contributed by atoms with E-state index in [2.05, 4.69) is 41.5 Å². The maximum atomic E-state index is 12.1. The average molecular weight is 300 g/mol. The molecule has 0 atom stereocenters. The second-order valence-corrected chi connectivity index (χ2v) is 11.6. The molecule has 0 bridgehead atoms. The fourth-order valence-corrected chi connectivity index (χ4v) is 8.10. The van der Waals surface area contributed by atoms with Gasteiger partial charge in [-0.25, -0.2) is 4.79 Å². The van der Waals surface area contributed by atoms with Crippen LogP contribution < -0.4 is 0 Å². The van der Waals surface area contributed by atoms with Crippen molar-refractivity contribution in [2.24, 2.45) is 0 Å². The van der Waals surface area contributed by atoms with Gasteiger partial charge in [-0.3, -0.25) is 4.79 Å². The molecule has 0 radical (unpaired) electrons. The Morgan fingerprint density at radius 1 is 1.05 bits per heavy atom. The first kappa shape index (κ1) is 18.9. The molecule has 0 spiro atoms. The number of carbonyl (C=O) groups excluding carboxylic acids is 1. The predicted octanol–water partition coefficient (Wildman–Crippen LogP) is 4.13. The van der Waals surface area contributed by atoms with Gasteiger partial charge in [-0.05, 0) is 23.5 Å². The average Bonchev–Trinajstić information content (AvgIpc) is 2.31. The van der Waals surface area contributed by atoms with Crippen LogP contribution in [-0.4, -0.2) is 25.4 Å². The van der Waals surface area contributed by atoms with Crippen LogP contribution in [0.15, 0.2) is 11.6 Å². The van der Waals surface area contributed by atoms with E-state index in [4.69, 9.17) is 9.53 Å². The zero-order chi connectivity index (χ0) is 16.1. The lowest BCUT2D eigenvalue weighted by molar-refractivity contribution is -0.134. The number of hydrogen-bond acceptors (Lipinski definition) is 3. The van der Waals surface area contributed by atoms with Gasteiger partial charge < -0.3 is 9.53 Å². The van der Waals surface area contributed by atoms with E-state index in [1.807, 2.05) is 0 Å². The molecule has 0 aliphatic heterocycles. The Bertz CT molecular complexity index is 362. The van der Waals surface area contributed by atoms with E-state index in [0.717, 1.165) is 0 Å². The fourth-order valence-electron chi connectivity index (χ4n) is 2.92. The Labute approximate surface area is 123 Å². The summed E-state index contributed by atoms with van der Waals surface area (Å²) in [6.45, 7) is 14.1. The van der Waals surface area contributed by atoms with Gasteiger partial charge in [0.25, 0.3) is 14.3 Å². The first-order valence-corrected chi connectivity index (χ1v) is 9.31. The van der Waals surface area contributed by atoms with E-state index in [1.54, 1.807) is 0 Å². The zero-order valence-corrected chi connectivity index (χ0v) is 14.7. The molecule has 0 fully saturated rings. The van der Waals surface area contributed by atoms with Crippen molar-refractivity contribution in [1.29, 1.82) is 0 Å². The van der Waals surface area contributed by atoms with Crippen LogP contribution in [0.1, 0.15) is 54.9 Å². The van der Waals surface area contributed by atoms with Gasteiger partial charge in [0.15, 0.2) is 0 Å². The minimum absolute atomic E-state index is 0.0268. The Morgan fingerprint density at radius 3 is 1.75 bits per heavy atom. The molecule has 0 aliphatic rings. The molecule has 4 nitrogen and oxygen atoms in total. The highest BCUT2D eigenvalue weighted by molar-refractivity contribution is 6.78. The Kier molecular flexibility index (Phi) is 7.20. The summed E-state index contributed by atoms with van der Waals surface area (Å²) in [5, 5.41) is 8.78. The first-order valence-electron chi connectivity index (χ1n) is 7.17. The molecule has 0 aliphatic carbocycles. The molecule has 5 heteroatoms. The summed E-state index contributed by atoms with van der Waals surface area (Å²) in [5.41, 5.74) is 1.16. The maximum Gasteiger partial charge on any atom is 0.330 e. The number of carboxylic acid groups (broad SMARTS) is 1. The van der Waals surface area contributed by atoms with Crippen molar-refractivity contribution in [3.05, 3.63) is 11.6 Å². The lowest BCUT2D eigenvalue weighted by Crippen LogP contribution is -2.49. The Balaban J connectivity index is 5.06. The van der Waals surface area contributed by atoms with Gasteiger partial charge in [0, 0.05) is 5.57 Å². The molecule has 0 amide bonds. The predicted molar refractivity (Wildman–Crippen MR) is 83.1 cm³/mol. The van der Waals surface area contributed by atoms with Crippen molar-refractivity contribution in [3.8, 4) is 0 Å². The molecule has 0 saturated heterocycles. The third-order valence-corrected chi connectivity index (χ3v) is 9.91. The van der Waals surface area contributed by atoms with Gasteiger partial charge in [0.2, 0.25) is 0 Å². The highest BCUT2D eigenvalue weighted by Crippen LogP contribution is 2.42. The molecular formula is C15H28O4Si. The van der Waals surface area contributed by atoms with Gasteiger partial charge in [-0.2, -0.15) is 0 Å². The third kappa shape index (κ3) is 4.47. The molecule has 1 N–H and O–H groups in total. The SMILES string of the molecule is CC(=CCC(=O)O[Si](C(C)C)(C(C)C)C(C)C)C(=O)O. The maximum absolute atomic E-state index is 12.1. The minimum Gasteiger partial charge on any atom is -0.518 e. The largest absolute Gasteiger partial charge is 0.518 e. The summed E-state index contributed by atoms with van der Waals surface area (Å²) < 4.78 is 5.92. The standard InChI is InChI=1S/C15H28O4Si/c1-10(2)20(11(3)4,12(5)6)19-14(16)9-8-13(7)15(17)18/h8,10-12H,9H2,1-7H3,(H,17,18). The lowest BCUT2D eigenvalue weighted by atomic mass is 10.2. The van der Waals surface area contributed by atoms with E-state index in [1.165, 1.54) is 13.0 Å². The third-order valence-electron chi connectivity index (χ3n) is 3.91. The second-order valence-electron chi connectivity index (χ2n) is 6.19. The van der Waals surface area contributed by atoms with Crippen LogP contribution in [0.5, 0.6) is 0 Å². The van der Waals surface area contributed by atoms with Crippen LogP contribution >= 0.6 is 0 Å². The lowest BCUT2D eigenvalue weighted by Gasteiger charge is -2.41. The minimum atomic E-state index is -2.22. The van der Waals surface area contributed by atoms with Gasteiger partial charge in [-0.15, -0.1) is 0 Å². The van der Waals surface area contributed by atoms with Crippen molar-refractivity contribution in [3.63, 3.8) is 0 Å². The molecule has 0 aromatic carbocycles. The van der Waals surface area contributed by atoms with E-state index in [-0.39, 0.29) is 18.0 Å². The van der Waals surface area contributed by atoms with Crippen molar-refractivity contribution in [1.82, 2.24) is 0 Å². The first-order chi connectivity index (χ1) is 9.05. The summed E-state index contributed by atoms with van der Waals surface area (Å²) in [5.74, 6) is -1.31. The molecule has 0 heterocycles. The van der Waals surface area contributed by atoms with Crippen LogP contribution in [0.25, 0.3) is 0 Å². The molecule has 116 valence electrons. The van der Waals surface area contributed by atoms with E-state index < -0.39 is 14.3 Å².